The molecule has 1 N–H and O–H groups in total. The van der Waals surface area contributed by atoms with Crippen LogP contribution in [-0.2, 0) is 13.1 Å². The fourth-order valence-electron chi connectivity index (χ4n) is 2.17. The number of rotatable bonds is 5. The number of terminal acetylenes is 1. The summed E-state index contributed by atoms with van der Waals surface area (Å²) < 4.78 is 1.61. The molecular weight excluding hydrogens is 310 g/mol. The number of nitrogens with zero attached hydrogens (tertiary/aromatic N) is 4. The van der Waals surface area contributed by atoms with Crippen molar-refractivity contribution in [2.75, 3.05) is 12.4 Å². The van der Waals surface area contributed by atoms with Crippen molar-refractivity contribution in [3.8, 4) is 12.3 Å². The molecule has 0 radical (unpaired) electrons. The highest BCUT2D eigenvalue weighted by molar-refractivity contribution is 5.89. The topological polar surface area (TPSA) is 93.3 Å². The van der Waals surface area contributed by atoms with Crippen molar-refractivity contribution in [1.82, 2.24) is 14.7 Å². The number of hydrogen-bond acceptors (Lipinski definition) is 4. The number of carbonyl (C=O) groups is 1. The van der Waals surface area contributed by atoms with Crippen molar-refractivity contribution < 1.29 is 9.72 Å². The number of nitro groups is 1. The number of benzene rings is 1. The van der Waals surface area contributed by atoms with Crippen LogP contribution < -0.4 is 5.32 Å². The van der Waals surface area contributed by atoms with Gasteiger partial charge in [-0.15, -0.1) is 6.42 Å². The lowest BCUT2D eigenvalue weighted by molar-refractivity contribution is -0.385. The molecule has 24 heavy (non-hydrogen) atoms. The van der Waals surface area contributed by atoms with Crippen LogP contribution in [0.15, 0.2) is 30.6 Å². The van der Waals surface area contributed by atoms with Gasteiger partial charge in [-0.1, -0.05) is 5.92 Å². The first-order valence-electron chi connectivity index (χ1n) is 7.12. The molecule has 0 unspecified atom stereocenters. The zero-order valence-electron chi connectivity index (χ0n) is 13.4. The van der Waals surface area contributed by atoms with E-state index in [0.717, 1.165) is 5.56 Å². The number of aryl methyl sites for hydroxylation is 1. The fourth-order valence-corrected chi connectivity index (χ4v) is 2.17. The Kier molecular flexibility index (Phi) is 5.16. The molecule has 0 saturated heterocycles. The Labute approximate surface area is 139 Å². The molecule has 2 rings (SSSR count). The molecule has 0 bridgehead atoms. The summed E-state index contributed by atoms with van der Waals surface area (Å²) in [5.74, 6) is 2.48. The lowest BCUT2D eigenvalue weighted by Gasteiger charge is -2.17. The maximum absolute atomic E-state index is 12.2. The van der Waals surface area contributed by atoms with Gasteiger partial charge >= 0.3 is 6.03 Å². The first kappa shape index (κ1) is 17.0. The van der Waals surface area contributed by atoms with Crippen molar-refractivity contribution in [1.29, 1.82) is 0 Å². The van der Waals surface area contributed by atoms with E-state index >= 15 is 0 Å². The molecule has 0 aliphatic carbocycles. The molecule has 0 aliphatic rings. The van der Waals surface area contributed by atoms with Crippen molar-refractivity contribution in [2.45, 2.75) is 20.0 Å². The van der Waals surface area contributed by atoms with E-state index in [1.54, 1.807) is 37.1 Å². The van der Waals surface area contributed by atoms with Crippen LogP contribution >= 0.6 is 0 Å². The molecule has 2 amide bonds. The molecular formula is C16H17N5O3. The van der Waals surface area contributed by atoms with Crippen LogP contribution in [0.25, 0.3) is 0 Å². The predicted octanol–water partition coefficient (Wildman–Crippen LogP) is 2.40. The predicted molar refractivity (Wildman–Crippen MR) is 89.4 cm³/mol. The number of amides is 2. The van der Waals surface area contributed by atoms with Crippen molar-refractivity contribution in [3.63, 3.8) is 0 Å². The molecule has 1 aromatic heterocycles. The van der Waals surface area contributed by atoms with E-state index in [1.807, 2.05) is 0 Å². The van der Waals surface area contributed by atoms with Gasteiger partial charge < -0.3 is 10.2 Å². The van der Waals surface area contributed by atoms with E-state index in [4.69, 9.17) is 6.42 Å². The second-order valence-electron chi connectivity index (χ2n) is 5.29. The molecule has 0 saturated carbocycles. The fraction of sp³-hybridized carbons (Fsp3) is 0.250. The van der Waals surface area contributed by atoms with Gasteiger partial charge in [-0.2, -0.15) is 5.10 Å². The summed E-state index contributed by atoms with van der Waals surface area (Å²) in [6.45, 7) is 2.36. The van der Waals surface area contributed by atoms with Gasteiger partial charge in [0.05, 0.1) is 17.7 Å². The van der Waals surface area contributed by atoms with E-state index in [9.17, 15) is 14.9 Å². The van der Waals surface area contributed by atoms with Crippen LogP contribution in [0.5, 0.6) is 0 Å². The molecule has 1 heterocycles. The minimum atomic E-state index is -0.457. The highest BCUT2D eigenvalue weighted by atomic mass is 16.6. The van der Waals surface area contributed by atoms with E-state index in [0.29, 0.717) is 24.3 Å². The third kappa shape index (κ3) is 4.10. The number of hydrogen-bond donors (Lipinski definition) is 1. The number of nitrogens with one attached hydrogen (secondary N) is 1. The van der Waals surface area contributed by atoms with E-state index in [1.165, 1.54) is 17.0 Å². The molecule has 124 valence electrons. The van der Waals surface area contributed by atoms with E-state index in [-0.39, 0.29) is 11.7 Å². The molecule has 0 spiro atoms. The Morgan fingerprint density at radius 3 is 2.92 bits per heavy atom. The molecule has 0 fully saturated rings. The molecule has 0 atom stereocenters. The highest BCUT2D eigenvalue weighted by Gasteiger charge is 2.14. The molecule has 1 aromatic carbocycles. The standard InChI is InChI=1S/C16H17N5O3/c1-4-7-20-11-13(9-17-20)10-19(3)16(22)18-14-5-6-15(21(23)24)12(2)8-14/h1,5-6,8-9,11H,7,10H2,2-3H3,(H,18,22). The first-order valence-corrected chi connectivity index (χ1v) is 7.12. The average molecular weight is 327 g/mol. The van der Waals surface area contributed by atoms with Gasteiger partial charge in [0.25, 0.3) is 5.69 Å². The molecule has 2 aromatic rings. The third-order valence-corrected chi connectivity index (χ3v) is 3.35. The summed E-state index contributed by atoms with van der Waals surface area (Å²) >= 11 is 0. The van der Waals surface area contributed by atoms with Crippen LogP contribution in [0.2, 0.25) is 0 Å². The van der Waals surface area contributed by atoms with Gasteiger partial charge in [0.15, 0.2) is 0 Å². The number of carbonyl (C=O) groups excluding carboxylic acids is 1. The monoisotopic (exact) mass is 327 g/mol. The van der Waals surface area contributed by atoms with Crippen LogP contribution in [0, 0.1) is 29.4 Å². The molecule has 0 aliphatic heterocycles. The van der Waals surface area contributed by atoms with Crippen LogP contribution in [-0.4, -0.2) is 32.7 Å². The summed E-state index contributed by atoms with van der Waals surface area (Å²) in [4.78, 5) is 24.0. The van der Waals surface area contributed by atoms with Crippen molar-refractivity contribution >= 4 is 17.4 Å². The zero-order valence-corrected chi connectivity index (χ0v) is 13.4. The minimum absolute atomic E-state index is 0.0160. The highest BCUT2D eigenvalue weighted by Crippen LogP contribution is 2.21. The maximum Gasteiger partial charge on any atom is 0.321 e. The quantitative estimate of drug-likeness (QED) is 0.518. The van der Waals surface area contributed by atoms with Gasteiger partial charge in [-0.25, -0.2) is 4.79 Å². The number of urea groups is 1. The number of anilines is 1. The van der Waals surface area contributed by atoms with Gasteiger partial charge in [-0.05, 0) is 19.1 Å². The van der Waals surface area contributed by atoms with Gasteiger partial charge in [0, 0.05) is 36.1 Å². The second kappa shape index (κ2) is 7.28. The summed E-state index contributed by atoms with van der Waals surface area (Å²) in [6, 6.07) is 4.11. The Hall–Kier alpha value is -3.34. The normalized spacial score (nSPS) is 10.0. The molecule has 8 heteroatoms. The summed E-state index contributed by atoms with van der Waals surface area (Å²) in [7, 11) is 1.64. The Morgan fingerprint density at radius 1 is 1.54 bits per heavy atom. The average Bonchev–Trinajstić information content (AvgIpc) is 2.94. The Morgan fingerprint density at radius 2 is 2.29 bits per heavy atom. The first-order chi connectivity index (χ1) is 11.4. The number of aromatic nitrogens is 2. The van der Waals surface area contributed by atoms with Crippen LogP contribution in [0.1, 0.15) is 11.1 Å². The summed E-state index contributed by atoms with van der Waals surface area (Å²) in [5, 5.41) is 17.6. The second-order valence-corrected chi connectivity index (χ2v) is 5.29. The minimum Gasteiger partial charge on any atom is -0.323 e. The largest absolute Gasteiger partial charge is 0.323 e. The van der Waals surface area contributed by atoms with Gasteiger partial charge in [-0.3, -0.25) is 14.8 Å². The van der Waals surface area contributed by atoms with Crippen LogP contribution in [0.4, 0.5) is 16.2 Å². The van der Waals surface area contributed by atoms with Gasteiger partial charge in [0.2, 0.25) is 0 Å². The zero-order chi connectivity index (χ0) is 17.7. The SMILES string of the molecule is C#CCn1cc(CN(C)C(=O)Nc2ccc([N+](=O)[O-])c(C)c2)cn1. The Balaban J connectivity index is 1.99. The lowest BCUT2D eigenvalue weighted by Crippen LogP contribution is -2.30. The van der Waals surface area contributed by atoms with Crippen molar-refractivity contribution in [2.24, 2.45) is 0 Å². The molecule has 8 nitrogen and oxygen atoms in total. The lowest BCUT2D eigenvalue weighted by atomic mass is 10.2. The van der Waals surface area contributed by atoms with Crippen LogP contribution in [0.3, 0.4) is 0 Å². The maximum atomic E-state index is 12.2. The third-order valence-electron chi connectivity index (χ3n) is 3.35. The van der Waals surface area contributed by atoms with Crippen molar-refractivity contribution in [3.05, 3.63) is 51.8 Å². The Bertz CT molecular complexity index is 806. The van der Waals surface area contributed by atoms with E-state index in [2.05, 4.69) is 16.3 Å². The summed E-state index contributed by atoms with van der Waals surface area (Å²) in [6.07, 6.45) is 8.65. The smallest absolute Gasteiger partial charge is 0.321 e. The number of nitro benzene ring substituents is 1. The van der Waals surface area contributed by atoms with Gasteiger partial charge in [0.1, 0.15) is 6.54 Å². The summed E-state index contributed by atoms with van der Waals surface area (Å²) in [5.41, 5.74) is 1.85. The van der Waals surface area contributed by atoms with E-state index < -0.39 is 4.92 Å².